The largest absolute Gasteiger partial charge is 0.445 e. The molecular formula is C27H25F2N3O3. The van der Waals surface area contributed by atoms with E-state index < -0.39 is 35.7 Å². The van der Waals surface area contributed by atoms with Crippen LogP contribution in [0.15, 0.2) is 79.0 Å². The van der Waals surface area contributed by atoms with Crippen LogP contribution in [-0.2, 0) is 22.6 Å². The van der Waals surface area contributed by atoms with Crippen LogP contribution >= 0.6 is 0 Å². The van der Waals surface area contributed by atoms with Crippen molar-refractivity contribution >= 4 is 22.9 Å². The van der Waals surface area contributed by atoms with Crippen molar-refractivity contribution < 1.29 is 23.1 Å². The summed E-state index contributed by atoms with van der Waals surface area (Å²) in [5.74, 6) is -1.99. The number of carbonyl (C=O) groups excluding carboxylic acids is 2. The topological polar surface area (TPSA) is 83.2 Å². The first kappa shape index (κ1) is 23.9. The van der Waals surface area contributed by atoms with Gasteiger partial charge in [-0.05, 0) is 30.2 Å². The van der Waals surface area contributed by atoms with Crippen LogP contribution in [0.5, 0.6) is 0 Å². The van der Waals surface area contributed by atoms with Gasteiger partial charge < -0.3 is 20.4 Å². The zero-order valence-corrected chi connectivity index (χ0v) is 19.1. The quantitative estimate of drug-likeness (QED) is 0.328. The van der Waals surface area contributed by atoms with Crippen LogP contribution in [0.2, 0.25) is 0 Å². The molecular weight excluding hydrogens is 452 g/mol. The van der Waals surface area contributed by atoms with Crippen molar-refractivity contribution in [1.29, 1.82) is 0 Å². The number of halogens is 2. The lowest BCUT2D eigenvalue weighted by atomic mass is 10.0. The molecule has 0 spiro atoms. The summed E-state index contributed by atoms with van der Waals surface area (Å²) in [6.45, 7) is 1.63. The van der Waals surface area contributed by atoms with Gasteiger partial charge in [-0.2, -0.15) is 0 Å². The second-order valence-electron chi connectivity index (χ2n) is 8.22. The number of aromatic amines is 1. The van der Waals surface area contributed by atoms with Gasteiger partial charge in [-0.3, -0.25) is 4.79 Å². The molecule has 0 radical (unpaired) electrons. The number of rotatable bonds is 8. The third-order valence-corrected chi connectivity index (χ3v) is 5.71. The highest BCUT2D eigenvalue weighted by Crippen LogP contribution is 2.21. The van der Waals surface area contributed by atoms with Crippen molar-refractivity contribution in [2.75, 3.05) is 0 Å². The molecule has 0 aliphatic rings. The Morgan fingerprint density at radius 1 is 0.971 bits per heavy atom. The van der Waals surface area contributed by atoms with Gasteiger partial charge in [0.1, 0.15) is 24.3 Å². The molecule has 8 heteroatoms. The zero-order valence-electron chi connectivity index (χ0n) is 19.1. The number of amides is 2. The fourth-order valence-electron chi connectivity index (χ4n) is 3.88. The first-order valence-electron chi connectivity index (χ1n) is 11.2. The molecule has 1 heterocycles. The SMILES string of the molecule is CC(NC(=O)[C@H](Cc1c[nH]c2ccccc12)NC(=O)OCc1ccccc1)c1ccc(F)cc1F. The third-order valence-electron chi connectivity index (χ3n) is 5.71. The number of alkyl carbamates (subject to hydrolysis) is 1. The second kappa shape index (κ2) is 10.8. The lowest BCUT2D eigenvalue weighted by Crippen LogP contribution is -2.48. The lowest BCUT2D eigenvalue weighted by molar-refractivity contribution is -0.123. The number of para-hydroxylation sites is 1. The van der Waals surface area contributed by atoms with Crippen molar-refractivity contribution in [2.24, 2.45) is 0 Å². The summed E-state index contributed by atoms with van der Waals surface area (Å²) < 4.78 is 32.8. The summed E-state index contributed by atoms with van der Waals surface area (Å²) in [4.78, 5) is 28.9. The second-order valence-corrected chi connectivity index (χ2v) is 8.22. The van der Waals surface area contributed by atoms with Gasteiger partial charge in [-0.25, -0.2) is 13.6 Å². The van der Waals surface area contributed by atoms with E-state index in [1.165, 1.54) is 6.07 Å². The maximum atomic E-state index is 14.2. The van der Waals surface area contributed by atoms with Crippen molar-refractivity contribution in [3.05, 3.63) is 107 Å². The van der Waals surface area contributed by atoms with Gasteiger partial charge in [0.2, 0.25) is 5.91 Å². The Labute approximate surface area is 201 Å². The monoisotopic (exact) mass is 477 g/mol. The molecule has 0 saturated heterocycles. The number of hydrogen-bond acceptors (Lipinski definition) is 3. The van der Waals surface area contributed by atoms with E-state index in [9.17, 15) is 18.4 Å². The smallest absolute Gasteiger partial charge is 0.408 e. The molecule has 2 atom stereocenters. The van der Waals surface area contributed by atoms with E-state index >= 15 is 0 Å². The van der Waals surface area contributed by atoms with Crippen LogP contribution in [0.4, 0.5) is 13.6 Å². The molecule has 4 rings (SSSR count). The van der Waals surface area contributed by atoms with E-state index in [0.29, 0.717) is 0 Å². The van der Waals surface area contributed by atoms with E-state index in [0.717, 1.165) is 34.2 Å². The fourth-order valence-corrected chi connectivity index (χ4v) is 3.88. The van der Waals surface area contributed by atoms with Gasteiger partial charge in [-0.15, -0.1) is 0 Å². The van der Waals surface area contributed by atoms with E-state index in [2.05, 4.69) is 15.6 Å². The van der Waals surface area contributed by atoms with Gasteiger partial charge in [0.05, 0.1) is 6.04 Å². The summed E-state index contributed by atoms with van der Waals surface area (Å²) in [7, 11) is 0. The summed E-state index contributed by atoms with van der Waals surface area (Å²) in [6, 6.07) is 18.2. The zero-order chi connectivity index (χ0) is 24.8. The third kappa shape index (κ3) is 6.03. The molecule has 6 nitrogen and oxygen atoms in total. The molecule has 3 aromatic carbocycles. The molecule has 4 aromatic rings. The van der Waals surface area contributed by atoms with Gasteiger partial charge in [0.15, 0.2) is 0 Å². The number of fused-ring (bicyclic) bond motifs is 1. The van der Waals surface area contributed by atoms with Gasteiger partial charge in [-0.1, -0.05) is 54.6 Å². The van der Waals surface area contributed by atoms with Crippen molar-refractivity contribution in [3.8, 4) is 0 Å². The number of benzene rings is 3. The first-order chi connectivity index (χ1) is 16.9. The maximum Gasteiger partial charge on any atom is 0.408 e. The van der Waals surface area contributed by atoms with Crippen LogP contribution < -0.4 is 10.6 Å². The van der Waals surface area contributed by atoms with Crippen LogP contribution in [-0.4, -0.2) is 23.0 Å². The van der Waals surface area contributed by atoms with Gasteiger partial charge in [0.25, 0.3) is 0 Å². The Hall–Kier alpha value is -4.20. The highest BCUT2D eigenvalue weighted by atomic mass is 19.1. The number of ether oxygens (including phenoxy) is 1. The molecule has 1 unspecified atom stereocenters. The Kier molecular flexibility index (Phi) is 7.40. The fraction of sp³-hybridized carbons (Fsp3) is 0.185. The van der Waals surface area contributed by atoms with E-state index in [1.807, 2.05) is 54.6 Å². The molecule has 2 amide bonds. The Morgan fingerprint density at radius 3 is 2.49 bits per heavy atom. The Bertz CT molecular complexity index is 1320. The minimum absolute atomic E-state index is 0.0469. The average Bonchev–Trinajstić information content (AvgIpc) is 3.25. The molecule has 1 aromatic heterocycles. The average molecular weight is 478 g/mol. The van der Waals surface area contributed by atoms with Crippen molar-refractivity contribution in [3.63, 3.8) is 0 Å². The van der Waals surface area contributed by atoms with E-state index in [1.54, 1.807) is 13.1 Å². The summed E-state index contributed by atoms with van der Waals surface area (Å²) in [5.41, 5.74) is 2.66. The number of aromatic nitrogens is 1. The molecule has 35 heavy (non-hydrogen) atoms. The van der Waals surface area contributed by atoms with Crippen molar-refractivity contribution in [2.45, 2.75) is 32.0 Å². The number of nitrogens with one attached hydrogen (secondary N) is 3. The first-order valence-corrected chi connectivity index (χ1v) is 11.2. The summed E-state index contributed by atoms with van der Waals surface area (Å²) in [5, 5.41) is 6.26. The predicted octanol–water partition coefficient (Wildman–Crippen LogP) is 5.16. The Morgan fingerprint density at radius 2 is 1.71 bits per heavy atom. The summed E-state index contributed by atoms with van der Waals surface area (Å²) >= 11 is 0. The number of H-pyrrole nitrogens is 1. The van der Waals surface area contributed by atoms with Crippen LogP contribution in [0.1, 0.15) is 29.7 Å². The van der Waals surface area contributed by atoms with Crippen molar-refractivity contribution in [1.82, 2.24) is 15.6 Å². The molecule has 0 aliphatic heterocycles. The van der Waals surface area contributed by atoms with E-state index in [-0.39, 0.29) is 18.6 Å². The normalized spacial score (nSPS) is 12.7. The highest BCUT2D eigenvalue weighted by Gasteiger charge is 2.25. The molecule has 0 saturated carbocycles. The maximum absolute atomic E-state index is 14.2. The standard InChI is InChI=1S/C27H25F2N3O3/c1-17(21-12-11-20(28)14-23(21)29)31-26(33)25(13-19-15-30-24-10-6-5-9-22(19)24)32-27(34)35-16-18-7-3-2-4-8-18/h2-12,14-15,17,25,30H,13,16H2,1H3,(H,31,33)(H,32,34)/t17?,25-/m0/s1. The molecule has 0 bridgehead atoms. The van der Waals surface area contributed by atoms with E-state index in [4.69, 9.17) is 4.74 Å². The minimum atomic E-state index is -0.997. The number of carbonyl (C=O) groups is 2. The molecule has 180 valence electrons. The molecule has 0 aliphatic carbocycles. The van der Waals surface area contributed by atoms with Crippen LogP contribution in [0.3, 0.4) is 0 Å². The minimum Gasteiger partial charge on any atom is -0.445 e. The van der Waals surface area contributed by atoms with Crippen LogP contribution in [0, 0.1) is 11.6 Å². The van der Waals surface area contributed by atoms with Gasteiger partial charge >= 0.3 is 6.09 Å². The molecule has 0 fully saturated rings. The highest BCUT2D eigenvalue weighted by molar-refractivity contribution is 5.88. The number of hydrogen-bond donors (Lipinski definition) is 3. The molecule has 3 N–H and O–H groups in total. The lowest BCUT2D eigenvalue weighted by Gasteiger charge is -2.22. The summed E-state index contributed by atoms with van der Waals surface area (Å²) in [6.07, 6.45) is 1.20. The Balaban J connectivity index is 1.50. The van der Waals surface area contributed by atoms with Gasteiger partial charge in [0, 0.05) is 35.2 Å². The van der Waals surface area contributed by atoms with Crippen LogP contribution in [0.25, 0.3) is 10.9 Å². The predicted molar refractivity (Wildman–Crippen MR) is 128 cm³/mol.